The zero-order valence-electron chi connectivity index (χ0n) is 12.0. The first kappa shape index (κ1) is 14.8. The number of benzene rings is 1. The molecule has 1 aromatic carbocycles. The van der Waals surface area contributed by atoms with Gasteiger partial charge in [-0.3, -0.25) is 4.90 Å². The molecule has 0 aliphatic heterocycles. The minimum atomic E-state index is 0.360. The van der Waals surface area contributed by atoms with Crippen LogP contribution in [0.5, 0.6) is 0 Å². The molecule has 0 aromatic heterocycles. The summed E-state index contributed by atoms with van der Waals surface area (Å²) >= 11 is 6.26. The van der Waals surface area contributed by atoms with Gasteiger partial charge in [-0.1, -0.05) is 42.6 Å². The van der Waals surface area contributed by atoms with E-state index in [-0.39, 0.29) is 0 Å². The molecule has 1 unspecified atom stereocenters. The van der Waals surface area contributed by atoms with Crippen LogP contribution in [0, 0.1) is 0 Å². The number of nitrogens with one attached hydrogen (secondary N) is 1. The van der Waals surface area contributed by atoms with Gasteiger partial charge in [-0.25, -0.2) is 0 Å². The van der Waals surface area contributed by atoms with E-state index in [0.29, 0.717) is 6.04 Å². The molecule has 19 heavy (non-hydrogen) atoms. The third-order valence-corrected chi connectivity index (χ3v) is 4.61. The molecule has 0 amide bonds. The van der Waals surface area contributed by atoms with Crippen molar-refractivity contribution in [1.29, 1.82) is 0 Å². The summed E-state index contributed by atoms with van der Waals surface area (Å²) < 4.78 is 0. The van der Waals surface area contributed by atoms with Gasteiger partial charge in [0.1, 0.15) is 0 Å². The second kappa shape index (κ2) is 7.28. The van der Waals surface area contributed by atoms with Crippen molar-refractivity contribution in [2.24, 2.45) is 0 Å². The fourth-order valence-corrected chi connectivity index (χ4v) is 3.11. The zero-order valence-corrected chi connectivity index (χ0v) is 12.8. The molecule has 0 saturated heterocycles. The fourth-order valence-electron chi connectivity index (χ4n) is 2.82. The molecule has 1 saturated carbocycles. The SMILES string of the molecule is CC(c1ccccc1Cl)N(C)CCNC1CCCC1. The van der Waals surface area contributed by atoms with Crippen LogP contribution in [-0.4, -0.2) is 31.1 Å². The van der Waals surface area contributed by atoms with E-state index >= 15 is 0 Å². The van der Waals surface area contributed by atoms with Crippen molar-refractivity contribution in [2.45, 2.75) is 44.7 Å². The highest BCUT2D eigenvalue weighted by Gasteiger charge is 2.16. The van der Waals surface area contributed by atoms with Gasteiger partial charge >= 0.3 is 0 Å². The summed E-state index contributed by atoms with van der Waals surface area (Å²) in [7, 11) is 2.17. The summed E-state index contributed by atoms with van der Waals surface area (Å²) in [5.41, 5.74) is 1.22. The third-order valence-electron chi connectivity index (χ3n) is 4.27. The largest absolute Gasteiger partial charge is 0.313 e. The van der Waals surface area contributed by atoms with E-state index in [9.17, 15) is 0 Å². The number of nitrogens with zero attached hydrogens (tertiary/aromatic N) is 1. The molecule has 1 atom stereocenters. The normalized spacial score (nSPS) is 18.1. The molecule has 2 rings (SSSR count). The highest BCUT2D eigenvalue weighted by molar-refractivity contribution is 6.31. The van der Waals surface area contributed by atoms with Crippen LogP contribution in [0.4, 0.5) is 0 Å². The van der Waals surface area contributed by atoms with Crippen molar-refractivity contribution in [3.63, 3.8) is 0 Å². The van der Waals surface area contributed by atoms with Gasteiger partial charge in [-0.05, 0) is 38.4 Å². The first-order valence-electron chi connectivity index (χ1n) is 7.36. The maximum absolute atomic E-state index is 6.26. The van der Waals surface area contributed by atoms with Gasteiger partial charge in [0.05, 0.1) is 0 Å². The summed E-state index contributed by atoms with van der Waals surface area (Å²) in [4.78, 5) is 2.36. The molecule has 1 aromatic rings. The molecule has 0 bridgehead atoms. The van der Waals surface area contributed by atoms with Gasteiger partial charge in [0.25, 0.3) is 0 Å². The molecular formula is C16H25ClN2. The Hall–Kier alpha value is -0.570. The Morgan fingerprint density at radius 2 is 2.00 bits per heavy atom. The number of halogens is 1. The number of hydrogen-bond acceptors (Lipinski definition) is 2. The average molecular weight is 281 g/mol. The number of hydrogen-bond donors (Lipinski definition) is 1. The van der Waals surface area contributed by atoms with E-state index in [1.165, 1.54) is 31.2 Å². The van der Waals surface area contributed by atoms with E-state index in [1.54, 1.807) is 0 Å². The summed E-state index contributed by atoms with van der Waals surface area (Å²) in [6, 6.07) is 9.25. The summed E-state index contributed by atoms with van der Waals surface area (Å²) in [5, 5.41) is 4.53. The molecule has 1 aliphatic carbocycles. The molecular weight excluding hydrogens is 256 g/mol. The van der Waals surface area contributed by atoms with E-state index in [0.717, 1.165) is 24.2 Å². The van der Waals surface area contributed by atoms with Gasteiger partial charge in [0, 0.05) is 30.2 Å². The lowest BCUT2D eigenvalue weighted by atomic mass is 10.1. The van der Waals surface area contributed by atoms with Crippen LogP contribution in [-0.2, 0) is 0 Å². The van der Waals surface area contributed by atoms with Crippen molar-refractivity contribution < 1.29 is 0 Å². The first-order valence-corrected chi connectivity index (χ1v) is 7.74. The quantitative estimate of drug-likeness (QED) is 0.851. The van der Waals surface area contributed by atoms with Gasteiger partial charge in [0.2, 0.25) is 0 Å². The minimum absolute atomic E-state index is 0.360. The lowest BCUT2D eigenvalue weighted by Gasteiger charge is -2.26. The van der Waals surface area contributed by atoms with Gasteiger partial charge in [0.15, 0.2) is 0 Å². The molecule has 1 N–H and O–H groups in total. The van der Waals surface area contributed by atoms with E-state index in [4.69, 9.17) is 11.6 Å². The predicted molar refractivity (Wildman–Crippen MR) is 82.8 cm³/mol. The van der Waals surface area contributed by atoms with Crippen molar-refractivity contribution >= 4 is 11.6 Å². The van der Waals surface area contributed by atoms with Crippen molar-refractivity contribution in [2.75, 3.05) is 20.1 Å². The van der Waals surface area contributed by atoms with Crippen LogP contribution in [0.25, 0.3) is 0 Å². The lowest BCUT2D eigenvalue weighted by Crippen LogP contribution is -2.35. The van der Waals surface area contributed by atoms with Crippen LogP contribution in [0.1, 0.15) is 44.2 Å². The molecule has 106 valence electrons. The molecule has 3 heteroatoms. The minimum Gasteiger partial charge on any atom is -0.313 e. The molecule has 0 heterocycles. The first-order chi connectivity index (χ1) is 9.18. The maximum atomic E-state index is 6.26. The predicted octanol–water partition coefficient (Wildman–Crippen LogP) is 3.87. The van der Waals surface area contributed by atoms with Crippen LogP contribution in [0.3, 0.4) is 0 Å². The summed E-state index contributed by atoms with van der Waals surface area (Å²) in [5.74, 6) is 0. The van der Waals surface area contributed by atoms with E-state index < -0.39 is 0 Å². The highest BCUT2D eigenvalue weighted by atomic mass is 35.5. The second-order valence-corrected chi connectivity index (χ2v) is 6.02. The zero-order chi connectivity index (χ0) is 13.7. The lowest BCUT2D eigenvalue weighted by molar-refractivity contribution is 0.257. The van der Waals surface area contributed by atoms with Crippen LogP contribution in [0.2, 0.25) is 5.02 Å². The van der Waals surface area contributed by atoms with Gasteiger partial charge in [-0.2, -0.15) is 0 Å². The Morgan fingerprint density at radius 3 is 2.68 bits per heavy atom. The standard InChI is InChI=1S/C16H25ClN2/c1-13(15-9-5-6-10-16(15)17)19(2)12-11-18-14-7-3-4-8-14/h5-6,9-10,13-14,18H,3-4,7-8,11-12H2,1-2H3. The summed E-state index contributed by atoms with van der Waals surface area (Å²) in [6.07, 6.45) is 5.49. The Balaban J connectivity index is 1.78. The Kier molecular flexibility index (Phi) is 5.68. The molecule has 1 aliphatic rings. The monoisotopic (exact) mass is 280 g/mol. The van der Waals surface area contributed by atoms with Gasteiger partial charge in [-0.15, -0.1) is 0 Å². The highest BCUT2D eigenvalue weighted by Crippen LogP contribution is 2.25. The maximum Gasteiger partial charge on any atom is 0.0453 e. The van der Waals surface area contributed by atoms with Crippen LogP contribution in [0.15, 0.2) is 24.3 Å². The van der Waals surface area contributed by atoms with Crippen molar-refractivity contribution in [3.8, 4) is 0 Å². The van der Waals surface area contributed by atoms with Crippen molar-refractivity contribution in [3.05, 3.63) is 34.9 Å². The topological polar surface area (TPSA) is 15.3 Å². The molecule has 2 nitrogen and oxygen atoms in total. The van der Waals surface area contributed by atoms with E-state index in [1.807, 2.05) is 12.1 Å². The molecule has 0 radical (unpaired) electrons. The second-order valence-electron chi connectivity index (χ2n) is 5.61. The van der Waals surface area contributed by atoms with Crippen LogP contribution < -0.4 is 5.32 Å². The Morgan fingerprint density at radius 1 is 1.32 bits per heavy atom. The smallest absolute Gasteiger partial charge is 0.0453 e. The van der Waals surface area contributed by atoms with E-state index in [2.05, 4.69) is 36.3 Å². The fraction of sp³-hybridized carbons (Fsp3) is 0.625. The Labute approximate surface area is 122 Å². The van der Waals surface area contributed by atoms with Crippen molar-refractivity contribution in [1.82, 2.24) is 10.2 Å². The van der Waals surface area contributed by atoms with Gasteiger partial charge < -0.3 is 5.32 Å². The number of rotatable bonds is 6. The Bertz CT molecular complexity index is 388. The molecule has 0 spiro atoms. The molecule has 1 fully saturated rings. The third kappa shape index (κ3) is 4.20. The summed E-state index contributed by atoms with van der Waals surface area (Å²) in [6.45, 7) is 4.34. The van der Waals surface area contributed by atoms with Crippen LogP contribution >= 0.6 is 11.6 Å². The number of likely N-dealkylation sites (N-methyl/N-ethyl adjacent to an activating group) is 1. The average Bonchev–Trinajstić information content (AvgIpc) is 2.91.